The summed E-state index contributed by atoms with van der Waals surface area (Å²) >= 11 is 4.70. The Morgan fingerprint density at radius 2 is 2.10 bits per heavy atom. The van der Waals surface area contributed by atoms with Crippen LogP contribution in [0.3, 0.4) is 0 Å². The molecule has 1 aromatic heterocycles. The molecule has 0 aliphatic rings. The SMILES string of the molecule is C=CCn1c(SCC(=O)Nc2cccc(C)c2C)nnc1-c1cc(Br)ccc1O. The van der Waals surface area contributed by atoms with E-state index < -0.39 is 0 Å². The number of anilines is 1. The van der Waals surface area contributed by atoms with Gasteiger partial charge >= 0.3 is 0 Å². The molecule has 0 saturated heterocycles. The third-order valence-electron chi connectivity index (χ3n) is 4.44. The van der Waals surface area contributed by atoms with Gasteiger partial charge in [0.1, 0.15) is 5.75 Å². The number of halogens is 1. The highest BCUT2D eigenvalue weighted by atomic mass is 79.9. The average Bonchev–Trinajstić information content (AvgIpc) is 3.08. The van der Waals surface area contributed by atoms with E-state index in [1.807, 2.05) is 36.6 Å². The number of carbonyl (C=O) groups excluding carboxylic acids is 1. The lowest BCUT2D eigenvalue weighted by Crippen LogP contribution is -2.15. The Labute approximate surface area is 182 Å². The predicted molar refractivity (Wildman–Crippen MR) is 120 cm³/mol. The molecule has 2 N–H and O–H groups in total. The van der Waals surface area contributed by atoms with E-state index in [0.29, 0.717) is 23.1 Å². The largest absolute Gasteiger partial charge is 0.507 e. The summed E-state index contributed by atoms with van der Waals surface area (Å²) in [5, 5.41) is 22.2. The lowest BCUT2D eigenvalue weighted by molar-refractivity contribution is -0.113. The Balaban J connectivity index is 1.78. The molecule has 0 fully saturated rings. The van der Waals surface area contributed by atoms with Crippen molar-refractivity contribution in [3.05, 3.63) is 64.7 Å². The van der Waals surface area contributed by atoms with Crippen molar-refractivity contribution in [2.45, 2.75) is 25.5 Å². The average molecular weight is 473 g/mol. The molecule has 0 atom stereocenters. The molecule has 1 amide bonds. The maximum Gasteiger partial charge on any atom is 0.234 e. The van der Waals surface area contributed by atoms with Crippen LogP contribution in [0, 0.1) is 13.8 Å². The van der Waals surface area contributed by atoms with Gasteiger partial charge in [0.25, 0.3) is 0 Å². The smallest absolute Gasteiger partial charge is 0.234 e. The number of nitrogens with one attached hydrogen (secondary N) is 1. The van der Waals surface area contributed by atoms with Gasteiger partial charge in [0.15, 0.2) is 11.0 Å². The molecular formula is C21H21BrN4O2S. The number of aryl methyl sites for hydroxylation is 1. The molecule has 3 aromatic rings. The van der Waals surface area contributed by atoms with Crippen LogP contribution in [0.4, 0.5) is 5.69 Å². The first-order valence-electron chi connectivity index (χ1n) is 8.92. The Morgan fingerprint density at radius 1 is 1.31 bits per heavy atom. The normalized spacial score (nSPS) is 10.7. The van der Waals surface area contributed by atoms with Crippen molar-refractivity contribution in [1.29, 1.82) is 0 Å². The minimum atomic E-state index is -0.122. The molecule has 2 aromatic carbocycles. The number of nitrogens with zero attached hydrogens (tertiary/aromatic N) is 3. The fourth-order valence-electron chi connectivity index (χ4n) is 2.78. The zero-order chi connectivity index (χ0) is 21.0. The minimum Gasteiger partial charge on any atom is -0.507 e. The van der Waals surface area contributed by atoms with Crippen LogP contribution in [0.25, 0.3) is 11.4 Å². The molecular weight excluding hydrogens is 452 g/mol. The summed E-state index contributed by atoms with van der Waals surface area (Å²) in [5.74, 6) is 0.688. The number of aromatic nitrogens is 3. The van der Waals surface area contributed by atoms with Gasteiger partial charge in [0, 0.05) is 16.7 Å². The number of amides is 1. The predicted octanol–water partition coefficient (Wildman–Crippen LogP) is 4.95. The van der Waals surface area contributed by atoms with Crippen molar-refractivity contribution in [1.82, 2.24) is 14.8 Å². The van der Waals surface area contributed by atoms with E-state index in [0.717, 1.165) is 21.3 Å². The summed E-state index contributed by atoms with van der Waals surface area (Å²) in [6.07, 6.45) is 1.72. The van der Waals surface area contributed by atoms with Crippen LogP contribution in [-0.4, -0.2) is 31.5 Å². The molecule has 29 heavy (non-hydrogen) atoms. The molecule has 0 spiro atoms. The van der Waals surface area contributed by atoms with Gasteiger partial charge in [-0.05, 0) is 49.2 Å². The number of phenols is 1. The summed E-state index contributed by atoms with van der Waals surface area (Å²) in [6, 6.07) is 10.9. The molecule has 0 aliphatic heterocycles. The van der Waals surface area contributed by atoms with Gasteiger partial charge in [-0.2, -0.15) is 0 Å². The van der Waals surface area contributed by atoms with E-state index in [2.05, 4.69) is 38.0 Å². The number of phenolic OH excluding ortho intramolecular Hbond substituents is 1. The Kier molecular flexibility index (Phi) is 6.76. The summed E-state index contributed by atoms with van der Waals surface area (Å²) in [6.45, 7) is 8.23. The van der Waals surface area contributed by atoms with Crippen molar-refractivity contribution in [3.63, 3.8) is 0 Å². The molecule has 0 saturated carbocycles. The number of benzene rings is 2. The Morgan fingerprint density at radius 3 is 2.86 bits per heavy atom. The molecule has 0 unspecified atom stereocenters. The standard InChI is InChI=1S/C21H21BrN4O2S/c1-4-10-26-20(16-11-15(22)8-9-18(16)27)24-25-21(26)29-12-19(28)23-17-7-5-6-13(2)14(17)3/h4-9,11,27H,1,10,12H2,2-3H3,(H,23,28). The van der Waals surface area contributed by atoms with Crippen LogP contribution in [0.2, 0.25) is 0 Å². The van der Waals surface area contributed by atoms with Gasteiger partial charge in [0.2, 0.25) is 5.91 Å². The number of aromatic hydroxyl groups is 1. The number of rotatable bonds is 7. The van der Waals surface area contributed by atoms with Crippen LogP contribution in [0.5, 0.6) is 5.75 Å². The maximum absolute atomic E-state index is 12.4. The third-order valence-corrected chi connectivity index (χ3v) is 5.90. The van der Waals surface area contributed by atoms with Gasteiger partial charge in [-0.15, -0.1) is 16.8 Å². The van der Waals surface area contributed by atoms with Crippen LogP contribution in [-0.2, 0) is 11.3 Å². The van der Waals surface area contributed by atoms with Crippen LogP contribution >= 0.6 is 27.7 Å². The number of thioether (sulfide) groups is 1. The maximum atomic E-state index is 12.4. The van der Waals surface area contributed by atoms with Gasteiger partial charge in [-0.1, -0.05) is 45.9 Å². The highest BCUT2D eigenvalue weighted by Crippen LogP contribution is 2.32. The van der Waals surface area contributed by atoms with Crippen LogP contribution in [0.15, 0.2) is 58.7 Å². The lowest BCUT2D eigenvalue weighted by Gasteiger charge is -2.11. The number of hydrogen-bond donors (Lipinski definition) is 2. The van der Waals surface area contributed by atoms with Crippen molar-refractivity contribution in [3.8, 4) is 17.1 Å². The molecule has 6 nitrogen and oxygen atoms in total. The van der Waals surface area contributed by atoms with E-state index >= 15 is 0 Å². The zero-order valence-corrected chi connectivity index (χ0v) is 18.5. The number of carbonyl (C=O) groups is 1. The summed E-state index contributed by atoms with van der Waals surface area (Å²) < 4.78 is 2.64. The van der Waals surface area contributed by atoms with Gasteiger partial charge < -0.3 is 10.4 Å². The van der Waals surface area contributed by atoms with E-state index in [9.17, 15) is 9.90 Å². The topological polar surface area (TPSA) is 80.0 Å². The van der Waals surface area contributed by atoms with Crippen molar-refractivity contribution >= 4 is 39.3 Å². The summed E-state index contributed by atoms with van der Waals surface area (Å²) in [7, 11) is 0. The molecule has 0 aliphatic carbocycles. The number of allylic oxidation sites excluding steroid dienone is 1. The molecule has 0 bridgehead atoms. The molecule has 1 heterocycles. The van der Waals surface area contributed by atoms with Crippen LogP contribution < -0.4 is 5.32 Å². The van der Waals surface area contributed by atoms with E-state index in [-0.39, 0.29) is 17.4 Å². The summed E-state index contributed by atoms with van der Waals surface area (Å²) in [5.41, 5.74) is 3.54. The van der Waals surface area contributed by atoms with Crippen molar-refractivity contribution in [2.24, 2.45) is 0 Å². The van der Waals surface area contributed by atoms with Crippen LogP contribution in [0.1, 0.15) is 11.1 Å². The van der Waals surface area contributed by atoms with Gasteiger partial charge in [0.05, 0.1) is 11.3 Å². The van der Waals surface area contributed by atoms with Crippen molar-refractivity contribution in [2.75, 3.05) is 11.1 Å². The lowest BCUT2D eigenvalue weighted by atomic mass is 10.1. The highest BCUT2D eigenvalue weighted by Gasteiger charge is 2.18. The fourth-order valence-corrected chi connectivity index (χ4v) is 3.89. The molecule has 150 valence electrons. The second kappa shape index (κ2) is 9.28. The Bertz CT molecular complexity index is 1060. The van der Waals surface area contributed by atoms with E-state index in [1.54, 1.807) is 24.3 Å². The van der Waals surface area contributed by atoms with Crippen molar-refractivity contribution < 1.29 is 9.90 Å². The second-order valence-corrected chi connectivity index (χ2v) is 8.31. The van der Waals surface area contributed by atoms with Gasteiger partial charge in [-0.3, -0.25) is 9.36 Å². The quantitative estimate of drug-likeness (QED) is 0.375. The molecule has 8 heteroatoms. The van der Waals surface area contributed by atoms with Gasteiger partial charge in [-0.25, -0.2) is 0 Å². The first-order chi connectivity index (χ1) is 13.9. The van der Waals surface area contributed by atoms with E-state index in [4.69, 9.17) is 0 Å². The molecule has 0 radical (unpaired) electrons. The third kappa shape index (κ3) is 4.89. The number of hydrogen-bond acceptors (Lipinski definition) is 5. The fraction of sp³-hybridized carbons (Fsp3) is 0.190. The van der Waals surface area contributed by atoms with E-state index in [1.165, 1.54) is 11.8 Å². The first-order valence-corrected chi connectivity index (χ1v) is 10.7. The minimum absolute atomic E-state index is 0.107. The zero-order valence-electron chi connectivity index (χ0n) is 16.1. The monoisotopic (exact) mass is 472 g/mol. The summed E-state index contributed by atoms with van der Waals surface area (Å²) in [4.78, 5) is 12.4. The first kappa shape index (κ1) is 21.1. The second-order valence-electron chi connectivity index (χ2n) is 6.45. The highest BCUT2D eigenvalue weighted by molar-refractivity contribution is 9.10. The Hall–Kier alpha value is -2.58. The molecule has 3 rings (SSSR count).